The molecule has 2 amide bonds. The fourth-order valence-corrected chi connectivity index (χ4v) is 3.55. The van der Waals surface area contributed by atoms with Crippen LogP contribution in [0.15, 0.2) is 72.8 Å². The lowest BCUT2D eigenvalue weighted by Gasteiger charge is -2.20. The van der Waals surface area contributed by atoms with Crippen LogP contribution in [0.4, 0.5) is 4.79 Å². The molecule has 1 aliphatic rings. The van der Waals surface area contributed by atoms with E-state index in [9.17, 15) is 4.79 Å². The molecule has 5 heteroatoms. The van der Waals surface area contributed by atoms with Gasteiger partial charge in [-0.25, -0.2) is 4.79 Å². The Morgan fingerprint density at radius 2 is 1.57 bits per heavy atom. The van der Waals surface area contributed by atoms with Crippen LogP contribution in [-0.4, -0.2) is 18.9 Å². The van der Waals surface area contributed by atoms with Gasteiger partial charge in [-0.05, 0) is 48.6 Å². The Hall–Kier alpha value is -3.47. The minimum Gasteiger partial charge on any atom is -0.454 e. The highest BCUT2D eigenvalue weighted by molar-refractivity contribution is 5.74. The Labute approximate surface area is 177 Å². The number of hydrogen-bond acceptors (Lipinski definition) is 3. The first kappa shape index (κ1) is 19.8. The standard InChI is InChI=1S/C25H26N2O3/c1-18-7-9-20(10-8-18)16-26-25(28)27-22(13-19-5-3-2-4-6-19)14-21-11-12-23-24(15-21)30-17-29-23/h2-12,15,22H,13-14,16-17H2,1H3,(H2,26,27,28)/t22-/m0/s1. The van der Waals surface area contributed by atoms with Crippen molar-refractivity contribution in [2.75, 3.05) is 6.79 Å². The van der Waals surface area contributed by atoms with Crippen LogP contribution in [0.5, 0.6) is 11.5 Å². The first-order valence-electron chi connectivity index (χ1n) is 10.2. The molecule has 3 aromatic carbocycles. The lowest BCUT2D eigenvalue weighted by Crippen LogP contribution is -2.43. The molecule has 30 heavy (non-hydrogen) atoms. The molecule has 0 radical (unpaired) electrons. The van der Waals surface area contributed by atoms with Crippen molar-refractivity contribution in [3.8, 4) is 11.5 Å². The third kappa shape index (κ3) is 5.32. The fourth-order valence-electron chi connectivity index (χ4n) is 3.55. The molecule has 1 atom stereocenters. The van der Waals surface area contributed by atoms with E-state index in [1.165, 1.54) is 11.1 Å². The third-order valence-corrected chi connectivity index (χ3v) is 5.15. The highest BCUT2D eigenvalue weighted by atomic mass is 16.7. The van der Waals surface area contributed by atoms with E-state index in [0.717, 1.165) is 29.0 Å². The number of hydrogen-bond donors (Lipinski definition) is 2. The van der Waals surface area contributed by atoms with Crippen molar-refractivity contribution < 1.29 is 14.3 Å². The third-order valence-electron chi connectivity index (χ3n) is 5.15. The van der Waals surface area contributed by atoms with Crippen LogP contribution in [0.25, 0.3) is 0 Å². The average molecular weight is 402 g/mol. The molecule has 0 saturated carbocycles. The number of rotatable bonds is 7. The summed E-state index contributed by atoms with van der Waals surface area (Å²) in [5.41, 5.74) is 4.56. The second-order valence-corrected chi connectivity index (χ2v) is 7.59. The summed E-state index contributed by atoms with van der Waals surface area (Å²) in [5.74, 6) is 1.52. The Bertz CT molecular complexity index is 987. The van der Waals surface area contributed by atoms with Crippen LogP contribution in [0.2, 0.25) is 0 Å². The Balaban J connectivity index is 1.41. The zero-order valence-electron chi connectivity index (χ0n) is 17.1. The molecular formula is C25H26N2O3. The molecule has 3 aromatic rings. The summed E-state index contributed by atoms with van der Waals surface area (Å²) in [7, 11) is 0. The van der Waals surface area contributed by atoms with Gasteiger partial charge < -0.3 is 20.1 Å². The number of amides is 2. The van der Waals surface area contributed by atoms with Crippen LogP contribution in [0.1, 0.15) is 22.3 Å². The Morgan fingerprint density at radius 3 is 2.37 bits per heavy atom. The van der Waals surface area contributed by atoms with Gasteiger partial charge in [0.25, 0.3) is 0 Å². The predicted octanol–water partition coefficient (Wildman–Crippen LogP) is 4.38. The quantitative estimate of drug-likeness (QED) is 0.617. The lowest BCUT2D eigenvalue weighted by atomic mass is 9.98. The molecule has 0 unspecified atom stereocenters. The molecule has 4 rings (SSSR count). The van der Waals surface area contributed by atoms with Crippen LogP contribution in [0.3, 0.4) is 0 Å². The maximum atomic E-state index is 12.6. The van der Waals surface area contributed by atoms with Gasteiger partial charge in [0.05, 0.1) is 0 Å². The minimum absolute atomic E-state index is 0.0502. The number of nitrogens with one attached hydrogen (secondary N) is 2. The smallest absolute Gasteiger partial charge is 0.315 e. The van der Waals surface area contributed by atoms with E-state index < -0.39 is 0 Å². The SMILES string of the molecule is Cc1ccc(CNC(=O)N[C@@H](Cc2ccccc2)Cc2ccc3c(c2)OCO3)cc1. The predicted molar refractivity (Wildman–Crippen MR) is 117 cm³/mol. The number of urea groups is 1. The Kier molecular flexibility index (Phi) is 6.18. The molecule has 0 aliphatic carbocycles. The van der Waals surface area contributed by atoms with Gasteiger partial charge in [0.1, 0.15) is 0 Å². The molecule has 1 heterocycles. The molecule has 2 N–H and O–H groups in total. The number of carbonyl (C=O) groups excluding carboxylic acids is 1. The van der Waals surface area contributed by atoms with Gasteiger partial charge in [-0.3, -0.25) is 0 Å². The summed E-state index contributed by atoms with van der Waals surface area (Å²) in [4.78, 5) is 12.6. The molecule has 5 nitrogen and oxygen atoms in total. The molecule has 154 valence electrons. The van der Waals surface area contributed by atoms with E-state index in [1.807, 2.05) is 67.6 Å². The summed E-state index contributed by atoms with van der Waals surface area (Å²) in [6.07, 6.45) is 1.44. The highest BCUT2D eigenvalue weighted by Crippen LogP contribution is 2.32. The number of ether oxygens (including phenoxy) is 2. The van der Waals surface area contributed by atoms with Crippen LogP contribution in [0, 0.1) is 6.92 Å². The summed E-state index contributed by atoms with van der Waals surface area (Å²) >= 11 is 0. The van der Waals surface area contributed by atoms with E-state index in [1.54, 1.807) is 0 Å². The number of aryl methyl sites for hydroxylation is 1. The zero-order chi connectivity index (χ0) is 20.8. The molecule has 0 spiro atoms. The second kappa shape index (κ2) is 9.35. The van der Waals surface area contributed by atoms with Crippen LogP contribution in [-0.2, 0) is 19.4 Å². The molecular weight excluding hydrogens is 376 g/mol. The van der Waals surface area contributed by atoms with Gasteiger partial charge >= 0.3 is 6.03 Å². The van der Waals surface area contributed by atoms with Gasteiger partial charge in [0, 0.05) is 12.6 Å². The largest absolute Gasteiger partial charge is 0.454 e. The first-order valence-corrected chi connectivity index (χ1v) is 10.2. The highest BCUT2D eigenvalue weighted by Gasteiger charge is 2.17. The first-order chi connectivity index (χ1) is 14.7. The lowest BCUT2D eigenvalue weighted by molar-refractivity contribution is 0.174. The Morgan fingerprint density at radius 1 is 0.867 bits per heavy atom. The molecule has 0 bridgehead atoms. The van der Waals surface area contributed by atoms with Crippen molar-refractivity contribution in [3.63, 3.8) is 0 Å². The number of benzene rings is 3. The maximum absolute atomic E-state index is 12.6. The summed E-state index contributed by atoms with van der Waals surface area (Å²) in [5, 5.41) is 6.11. The van der Waals surface area contributed by atoms with Crippen LogP contribution >= 0.6 is 0 Å². The minimum atomic E-state index is -0.169. The monoisotopic (exact) mass is 402 g/mol. The zero-order valence-corrected chi connectivity index (χ0v) is 17.1. The summed E-state index contributed by atoms with van der Waals surface area (Å²) < 4.78 is 10.9. The maximum Gasteiger partial charge on any atom is 0.315 e. The van der Waals surface area contributed by atoms with Gasteiger partial charge in [0.15, 0.2) is 11.5 Å². The second-order valence-electron chi connectivity index (χ2n) is 7.59. The fraction of sp³-hybridized carbons (Fsp3) is 0.240. The van der Waals surface area contributed by atoms with Gasteiger partial charge in [-0.15, -0.1) is 0 Å². The van der Waals surface area contributed by atoms with Crippen molar-refractivity contribution in [2.24, 2.45) is 0 Å². The number of carbonyl (C=O) groups is 1. The van der Waals surface area contributed by atoms with Crippen molar-refractivity contribution >= 4 is 6.03 Å². The van der Waals surface area contributed by atoms with Gasteiger partial charge in [-0.1, -0.05) is 66.2 Å². The molecule has 0 aromatic heterocycles. The van der Waals surface area contributed by atoms with Gasteiger partial charge in [-0.2, -0.15) is 0 Å². The van der Waals surface area contributed by atoms with E-state index in [4.69, 9.17) is 9.47 Å². The molecule has 1 aliphatic heterocycles. The van der Waals surface area contributed by atoms with E-state index in [-0.39, 0.29) is 18.9 Å². The normalized spacial score (nSPS) is 13.0. The van der Waals surface area contributed by atoms with Crippen molar-refractivity contribution in [2.45, 2.75) is 32.4 Å². The topological polar surface area (TPSA) is 59.6 Å². The summed E-state index contributed by atoms with van der Waals surface area (Å²) in [6.45, 7) is 2.80. The average Bonchev–Trinajstić information content (AvgIpc) is 3.22. The van der Waals surface area contributed by atoms with E-state index >= 15 is 0 Å². The van der Waals surface area contributed by atoms with Gasteiger partial charge in [0.2, 0.25) is 6.79 Å². The van der Waals surface area contributed by atoms with Crippen LogP contribution < -0.4 is 20.1 Å². The van der Waals surface area contributed by atoms with Crippen molar-refractivity contribution in [1.29, 1.82) is 0 Å². The van der Waals surface area contributed by atoms with E-state index in [0.29, 0.717) is 13.0 Å². The molecule has 0 fully saturated rings. The molecule has 0 saturated heterocycles. The number of fused-ring (bicyclic) bond motifs is 1. The van der Waals surface area contributed by atoms with E-state index in [2.05, 4.69) is 22.8 Å². The van der Waals surface area contributed by atoms with Crippen molar-refractivity contribution in [3.05, 3.63) is 95.1 Å². The summed E-state index contributed by atoms with van der Waals surface area (Å²) in [6, 6.07) is 24.1. The van der Waals surface area contributed by atoms with Crippen molar-refractivity contribution in [1.82, 2.24) is 10.6 Å².